The molecule has 128 valence electrons. The van der Waals surface area contributed by atoms with Crippen LogP contribution in [0.15, 0.2) is 12.4 Å². The first-order chi connectivity index (χ1) is 11.3. The molecule has 3 aliphatic rings. The van der Waals surface area contributed by atoms with E-state index < -0.39 is 0 Å². The van der Waals surface area contributed by atoms with E-state index in [2.05, 4.69) is 25.5 Å². The average Bonchev–Trinajstić information content (AvgIpc) is 3.00. The molecule has 0 spiro atoms. The Morgan fingerprint density at radius 3 is 3.13 bits per heavy atom. The lowest BCUT2D eigenvalue weighted by Crippen LogP contribution is -2.58. The Labute approximate surface area is 139 Å². The van der Waals surface area contributed by atoms with Gasteiger partial charge in [0.05, 0.1) is 13.2 Å². The lowest BCUT2D eigenvalue weighted by molar-refractivity contribution is -0.0334. The van der Waals surface area contributed by atoms with Crippen LogP contribution >= 0.6 is 0 Å². The van der Waals surface area contributed by atoms with E-state index in [-0.39, 0.29) is 0 Å². The highest BCUT2D eigenvalue weighted by Gasteiger charge is 2.41. The molecule has 0 N–H and O–H groups in total. The summed E-state index contributed by atoms with van der Waals surface area (Å²) in [6, 6.07) is 0.857. The molecule has 0 saturated carbocycles. The molecule has 3 aliphatic heterocycles. The number of hydrogen-bond acceptors (Lipinski definition) is 4. The first-order valence-corrected chi connectivity index (χ1v) is 9.29. The van der Waals surface area contributed by atoms with Crippen LogP contribution in [0.1, 0.15) is 31.5 Å². The summed E-state index contributed by atoms with van der Waals surface area (Å²) >= 11 is 0. The van der Waals surface area contributed by atoms with E-state index in [1.165, 1.54) is 57.7 Å². The Morgan fingerprint density at radius 1 is 1.26 bits per heavy atom. The SMILES string of the molecule is COCCn1ccnc1CN1C[C@@H]2C[C@H](C1)[C@@H]1CCCCN1C2. The maximum Gasteiger partial charge on any atom is 0.122 e. The number of methoxy groups -OCH3 is 1. The number of piperidine rings is 3. The molecule has 4 heterocycles. The van der Waals surface area contributed by atoms with Gasteiger partial charge in [-0.05, 0) is 37.6 Å². The number of hydrogen-bond donors (Lipinski definition) is 0. The number of likely N-dealkylation sites (tertiary alicyclic amines) is 1. The predicted octanol–water partition coefficient (Wildman–Crippen LogP) is 1.84. The zero-order chi connectivity index (χ0) is 15.6. The number of aromatic nitrogens is 2. The van der Waals surface area contributed by atoms with Gasteiger partial charge < -0.3 is 9.30 Å². The van der Waals surface area contributed by atoms with Crippen LogP contribution in [0.2, 0.25) is 0 Å². The monoisotopic (exact) mass is 318 g/mol. The maximum absolute atomic E-state index is 5.21. The Bertz CT molecular complexity index is 517. The third-order valence-corrected chi connectivity index (χ3v) is 6.05. The molecule has 5 heteroatoms. The van der Waals surface area contributed by atoms with E-state index in [1.807, 2.05) is 6.20 Å². The Balaban J connectivity index is 1.40. The zero-order valence-corrected chi connectivity index (χ0v) is 14.4. The number of fused-ring (bicyclic) bond motifs is 4. The first-order valence-electron chi connectivity index (χ1n) is 9.29. The Morgan fingerprint density at radius 2 is 2.22 bits per heavy atom. The highest BCUT2D eigenvalue weighted by molar-refractivity contribution is 4.98. The van der Waals surface area contributed by atoms with Crippen molar-refractivity contribution in [1.82, 2.24) is 19.4 Å². The molecule has 1 aromatic heterocycles. The van der Waals surface area contributed by atoms with Crippen molar-refractivity contribution < 1.29 is 4.74 Å². The molecule has 0 aliphatic carbocycles. The molecule has 2 bridgehead atoms. The standard InChI is InChI=1S/C18H30N4O/c1-23-9-8-21-7-5-19-18(21)14-20-11-15-10-16(13-20)17-4-2-3-6-22(17)12-15/h5,7,15-17H,2-4,6,8-14H2,1H3/t15-,16+,17-/m0/s1. The van der Waals surface area contributed by atoms with Crippen LogP contribution in [0.3, 0.4) is 0 Å². The fourth-order valence-corrected chi connectivity index (χ4v) is 5.08. The van der Waals surface area contributed by atoms with Crippen molar-refractivity contribution in [3.05, 3.63) is 18.2 Å². The predicted molar refractivity (Wildman–Crippen MR) is 90.2 cm³/mol. The largest absolute Gasteiger partial charge is 0.383 e. The molecule has 4 rings (SSSR count). The molecule has 3 saturated heterocycles. The Hall–Kier alpha value is -0.910. The van der Waals surface area contributed by atoms with Gasteiger partial charge in [-0.1, -0.05) is 6.42 Å². The van der Waals surface area contributed by atoms with Crippen LogP contribution in [-0.2, 0) is 17.8 Å². The summed E-state index contributed by atoms with van der Waals surface area (Å²) < 4.78 is 7.46. The minimum atomic E-state index is 0.756. The van der Waals surface area contributed by atoms with Gasteiger partial charge in [-0.2, -0.15) is 0 Å². The van der Waals surface area contributed by atoms with E-state index in [1.54, 1.807) is 7.11 Å². The van der Waals surface area contributed by atoms with E-state index in [0.717, 1.165) is 37.6 Å². The smallest absolute Gasteiger partial charge is 0.122 e. The van der Waals surface area contributed by atoms with Crippen molar-refractivity contribution in [1.29, 1.82) is 0 Å². The topological polar surface area (TPSA) is 33.5 Å². The lowest BCUT2D eigenvalue weighted by Gasteiger charge is -2.52. The summed E-state index contributed by atoms with van der Waals surface area (Å²) in [5.74, 6) is 2.94. The average molecular weight is 318 g/mol. The molecule has 0 unspecified atom stereocenters. The molecule has 3 atom stereocenters. The number of nitrogens with zero attached hydrogens (tertiary/aromatic N) is 4. The third-order valence-electron chi connectivity index (χ3n) is 6.05. The number of imidazole rings is 1. The van der Waals surface area contributed by atoms with Gasteiger partial charge in [0.2, 0.25) is 0 Å². The van der Waals surface area contributed by atoms with Crippen LogP contribution < -0.4 is 0 Å². The molecule has 1 aromatic rings. The molecular weight excluding hydrogens is 288 g/mol. The summed E-state index contributed by atoms with van der Waals surface area (Å²) in [6.45, 7) is 7.84. The summed E-state index contributed by atoms with van der Waals surface area (Å²) in [6.07, 6.45) is 9.74. The van der Waals surface area contributed by atoms with Crippen LogP contribution in [0.25, 0.3) is 0 Å². The summed E-state index contributed by atoms with van der Waals surface area (Å²) in [5, 5.41) is 0. The normalized spacial score (nSPS) is 32.0. The van der Waals surface area contributed by atoms with Gasteiger partial charge in [-0.25, -0.2) is 4.98 Å². The second-order valence-corrected chi connectivity index (χ2v) is 7.64. The van der Waals surface area contributed by atoms with Crippen molar-refractivity contribution in [3.8, 4) is 0 Å². The number of rotatable bonds is 5. The van der Waals surface area contributed by atoms with E-state index in [4.69, 9.17) is 4.74 Å². The van der Waals surface area contributed by atoms with Crippen LogP contribution in [0.4, 0.5) is 0 Å². The van der Waals surface area contributed by atoms with Gasteiger partial charge in [-0.3, -0.25) is 9.80 Å². The summed E-state index contributed by atoms with van der Waals surface area (Å²) in [7, 11) is 1.76. The van der Waals surface area contributed by atoms with E-state index in [9.17, 15) is 0 Å². The minimum absolute atomic E-state index is 0.756. The molecule has 0 aromatic carbocycles. The third kappa shape index (κ3) is 3.32. The quantitative estimate of drug-likeness (QED) is 0.829. The summed E-state index contributed by atoms with van der Waals surface area (Å²) in [4.78, 5) is 10.1. The molecule has 0 radical (unpaired) electrons. The fourth-order valence-electron chi connectivity index (χ4n) is 5.08. The van der Waals surface area contributed by atoms with Gasteiger partial charge in [0.1, 0.15) is 5.82 Å². The van der Waals surface area contributed by atoms with Crippen LogP contribution in [-0.4, -0.2) is 65.3 Å². The van der Waals surface area contributed by atoms with Gasteiger partial charge in [0.25, 0.3) is 0 Å². The van der Waals surface area contributed by atoms with Crippen LogP contribution in [0.5, 0.6) is 0 Å². The molecule has 3 fully saturated rings. The van der Waals surface area contributed by atoms with Crippen molar-refractivity contribution in [2.75, 3.05) is 39.9 Å². The van der Waals surface area contributed by atoms with Crippen molar-refractivity contribution in [2.24, 2.45) is 11.8 Å². The second-order valence-electron chi connectivity index (χ2n) is 7.64. The maximum atomic E-state index is 5.21. The molecule has 0 amide bonds. The lowest BCUT2D eigenvalue weighted by atomic mass is 9.76. The Kier molecular flexibility index (Phi) is 4.69. The molecular formula is C18H30N4O. The van der Waals surface area contributed by atoms with Crippen molar-refractivity contribution in [3.63, 3.8) is 0 Å². The van der Waals surface area contributed by atoms with Crippen molar-refractivity contribution >= 4 is 0 Å². The van der Waals surface area contributed by atoms with Gasteiger partial charge >= 0.3 is 0 Å². The van der Waals surface area contributed by atoms with E-state index in [0.29, 0.717) is 0 Å². The highest BCUT2D eigenvalue weighted by atomic mass is 16.5. The second kappa shape index (κ2) is 6.91. The molecule has 23 heavy (non-hydrogen) atoms. The van der Waals surface area contributed by atoms with E-state index >= 15 is 0 Å². The van der Waals surface area contributed by atoms with Gasteiger partial charge in [-0.15, -0.1) is 0 Å². The first kappa shape index (κ1) is 15.6. The zero-order valence-electron chi connectivity index (χ0n) is 14.4. The minimum Gasteiger partial charge on any atom is -0.383 e. The fraction of sp³-hybridized carbons (Fsp3) is 0.833. The number of ether oxygens (including phenoxy) is 1. The van der Waals surface area contributed by atoms with Crippen molar-refractivity contribution in [2.45, 2.75) is 44.8 Å². The van der Waals surface area contributed by atoms with Gasteiger partial charge in [0, 0.05) is 51.7 Å². The van der Waals surface area contributed by atoms with Crippen LogP contribution in [0, 0.1) is 11.8 Å². The molecule has 5 nitrogen and oxygen atoms in total. The summed E-state index contributed by atoms with van der Waals surface area (Å²) in [5.41, 5.74) is 0. The highest BCUT2D eigenvalue weighted by Crippen LogP contribution is 2.37. The van der Waals surface area contributed by atoms with Gasteiger partial charge in [0.15, 0.2) is 0 Å².